The van der Waals surface area contributed by atoms with Gasteiger partial charge in [-0.15, -0.1) is 6.54 Å². The quantitative estimate of drug-likeness (QED) is 0.158. The van der Waals surface area contributed by atoms with Gasteiger partial charge in [0.05, 0.1) is 11.5 Å². The molecule has 0 spiro atoms. The number of benzene rings is 4. The van der Waals surface area contributed by atoms with Gasteiger partial charge < -0.3 is 21.8 Å². The van der Waals surface area contributed by atoms with Crippen molar-refractivity contribution in [1.29, 1.82) is 0 Å². The van der Waals surface area contributed by atoms with Gasteiger partial charge in [0.1, 0.15) is 0 Å². The molecule has 8 heteroatoms. The third kappa shape index (κ3) is 8.13. The molecule has 41 heavy (non-hydrogen) atoms. The number of hydrogen-bond acceptors (Lipinski definition) is 4. The fraction of sp³-hybridized carbons (Fsp3) is 0.212. The van der Waals surface area contributed by atoms with E-state index in [2.05, 4.69) is 34.1 Å². The topological polar surface area (TPSA) is 58.6 Å². The molecular formula is C33H36ClN2O3RuS+. The van der Waals surface area contributed by atoms with Gasteiger partial charge in [0.25, 0.3) is 0 Å². The monoisotopic (exact) mass is 677 g/mol. The van der Waals surface area contributed by atoms with Crippen LogP contribution in [0.5, 0.6) is 0 Å². The zero-order valence-corrected chi connectivity index (χ0v) is 26.8. The minimum atomic E-state index is -3.89. The number of ether oxygens (including phenoxy) is 1. The molecule has 0 amide bonds. The van der Waals surface area contributed by atoms with Gasteiger partial charge in [0.2, 0.25) is 10.0 Å². The Kier molecular flexibility index (Phi) is 12.7. The first-order valence-corrected chi connectivity index (χ1v) is 16.7. The summed E-state index contributed by atoms with van der Waals surface area (Å²) in [6, 6.07) is 35.1. The van der Waals surface area contributed by atoms with Crippen LogP contribution in [0.3, 0.4) is 0 Å². The van der Waals surface area contributed by atoms with Gasteiger partial charge in [0.15, 0.2) is 0 Å². The van der Waals surface area contributed by atoms with E-state index in [0.717, 1.165) is 22.3 Å². The molecule has 4 aromatic rings. The number of rotatable bonds is 8. The first-order valence-electron chi connectivity index (χ1n) is 13.0. The number of piperazine rings is 1. The van der Waals surface area contributed by atoms with Crippen molar-refractivity contribution in [3.8, 4) is 0 Å². The number of hydrogen-bond donors (Lipinski definition) is 1. The molecular weight excluding hydrogens is 641 g/mol. The molecule has 0 aromatic heterocycles. The van der Waals surface area contributed by atoms with Crippen LogP contribution >= 0.6 is 9.69 Å². The molecule has 0 bridgehead atoms. The van der Waals surface area contributed by atoms with Crippen LogP contribution in [-0.4, -0.2) is 25.9 Å². The molecule has 0 radical (unpaired) electrons. The van der Waals surface area contributed by atoms with Crippen LogP contribution in [0.1, 0.15) is 39.9 Å². The van der Waals surface area contributed by atoms with Gasteiger partial charge in [-0.1, -0.05) is 115 Å². The summed E-state index contributed by atoms with van der Waals surface area (Å²) in [5.74, 6) is 0. The van der Waals surface area contributed by atoms with E-state index in [4.69, 9.17) is 4.74 Å². The maximum atomic E-state index is 14.4. The van der Waals surface area contributed by atoms with E-state index in [-0.39, 0.29) is 25.0 Å². The van der Waals surface area contributed by atoms with Crippen molar-refractivity contribution in [1.82, 2.24) is 9.62 Å². The van der Waals surface area contributed by atoms with Crippen LogP contribution in [0, 0.1) is 27.3 Å². The number of nitrogens with one attached hydrogen (secondary N) is 1. The number of sulfonamides is 1. The van der Waals surface area contributed by atoms with Crippen LogP contribution in [0.4, 0.5) is 0 Å². The summed E-state index contributed by atoms with van der Waals surface area (Å²) in [6.07, 6.45) is 0. The zero-order chi connectivity index (χ0) is 28.5. The molecule has 5 rings (SSSR count). The Balaban J connectivity index is 0.00000151. The van der Waals surface area contributed by atoms with E-state index >= 15 is 0 Å². The van der Waals surface area contributed by atoms with Gasteiger partial charge in [-0.25, -0.2) is 8.42 Å². The third-order valence-electron chi connectivity index (χ3n) is 6.94. The summed E-state index contributed by atoms with van der Waals surface area (Å²) in [5.41, 5.74) is 5.20. The Hall–Kier alpha value is -2.38. The molecule has 1 saturated heterocycles. The second kappa shape index (κ2) is 15.7. The number of aryl methyl sites for hydroxylation is 2. The summed E-state index contributed by atoms with van der Waals surface area (Å²) in [4.78, 5) is 0.272. The van der Waals surface area contributed by atoms with Gasteiger partial charge in [-0.05, 0) is 42.7 Å². The van der Waals surface area contributed by atoms with E-state index in [0.29, 0.717) is 19.2 Å². The normalized spacial score (nSPS) is 17.6. The summed E-state index contributed by atoms with van der Waals surface area (Å²) in [6.45, 7) is 4.99. The Morgan fingerprint density at radius 3 is 1.90 bits per heavy atom. The van der Waals surface area contributed by atoms with E-state index in [9.17, 15) is 8.42 Å². The zero-order valence-electron chi connectivity index (χ0n) is 23.5. The van der Waals surface area contributed by atoms with Crippen LogP contribution in [0.2, 0.25) is 0 Å². The molecule has 0 aliphatic carbocycles. The molecule has 4 aromatic carbocycles. The van der Waals surface area contributed by atoms with Crippen molar-refractivity contribution >= 4 is 19.7 Å². The van der Waals surface area contributed by atoms with Crippen molar-refractivity contribution < 1.29 is 30.5 Å². The molecule has 0 unspecified atom stereocenters. The molecule has 1 heterocycles. The van der Waals surface area contributed by atoms with E-state index in [1.165, 1.54) is 5.56 Å². The molecule has 1 fully saturated rings. The summed E-state index contributed by atoms with van der Waals surface area (Å²) < 4.78 is 36.5. The first kappa shape index (κ1) is 33.1. The molecule has 216 valence electrons. The van der Waals surface area contributed by atoms with Crippen molar-refractivity contribution in [2.75, 3.05) is 13.2 Å². The fourth-order valence-electron chi connectivity index (χ4n) is 4.92. The van der Waals surface area contributed by atoms with Crippen molar-refractivity contribution in [3.05, 3.63) is 150 Å². The van der Waals surface area contributed by atoms with Crippen LogP contribution in [-0.2, 0) is 38.7 Å². The van der Waals surface area contributed by atoms with E-state index in [1.807, 2.05) is 109 Å². The molecule has 2 atom stereocenters. The third-order valence-corrected chi connectivity index (χ3v) is 8.81. The Bertz CT molecular complexity index is 1440. The van der Waals surface area contributed by atoms with Crippen LogP contribution in [0.15, 0.2) is 114 Å². The Labute approximate surface area is 259 Å². The second-order valence-electron chi connectivity index (χ2n) is 9.78. The van der Waals surface area contributed by atoms with E-state index in [1.54, 1.807) is 16.4 Å². The standard InChI is InChI=1S/C32H33N2O3S.CH3.ClH.Ru/c1-24-13-17-26(18-14-24)22-37-23-29-21-33-31(27-9-5-3-6-10-27)32(28-11-7-4-8-12-28)34(29)38(35,36)30-19-15-25(2)16-20-30;;;/h3-20,31-33H,21-23H2,1-2H3;1H3;1H;/q2*-1;;+4/p-1/t31-,32-;;;/m1.../s1. The second-order valence-corrected chi connectivity index (χ2v) is 11.6. The van der Waals surface area contributed by atoms with Crippen molar-refractivity contribution in [2.24, 2.45) is 0 Å². The molecule has 5 nitrogen and oxygen atoms in total. The van der Waals surface area contributed by atoms with E-state index < -0.39 is 16.1 Å². The molecule has 0 saturated carbocycles. The van der Waals surface area contributed by atoms with Gasteiger partial charge in [0, 0.05) is 12.1 Å². The molecule has 1 aliphatic rings. The predicted molar refractivity (Wildman–Crippen MR) is 163 cm³/mol. The Morgan fingerprint density at radius 1 is 0.829 bits per heavy atom. The summed E-state index contributed by atoms with van der Waals surface area (Å²) in [5, 5.41) is 3.63. The Morgan fingerprint density at radius 2 is 1.34 bits per heavy atom. The van der Waals surface area contributed by atoms with Crippen LogP contribution < -0.4 is 5.32 Å². The fourth-order valence-corrected chi connectivity index (χ4v) is 6.62. The van der Waals surface area contributed by atoms with Crippen LogP contribution in [0.25, 0.3) is 0 Å². The predicted octanol–water partition coefficient (Wildman–Crippen LogP) is 7.27. The van der Waals surface area contributed by atoms with Crippen molar-refractivity contribution in [2.45, 2.75) is 37.4 Å². The van der Waals surface area contributed by atoms with Gasteiger partial charge >= 0.3 is 27.0 Å². The number of halogens is 1. The average molecular weight is 677 g/mol. The molecule has 1 aliphatic heterocycles. The SMILES string of the molecule is Cc1ccc(COC[C-]2CN[C@H](c3ccccc3)[C@@H](c3ccccc3)N2S(=O)(=O)c2ccc(C)cc2)cc1.[CH3-].[Cl][Ru+3]. The summed E-state index contributed by atoms with van der Waals surface area (Å²) >= 11 is 1.82. The summed E-state index contributed by atoms with van der Waals surface area (Å²) in [7, 11) is 0.678. The minimum absolute atomic E-state index is 0. The van der Waals surface area contributed by atoms with Gasteiger partial charge in [-0.2, -0.15) is 6.04 Å². The number of nitrogens with zero attached hydrogens (tertiary/aromatic N) is 1. The van der Waals surface area contributed by atoms with Crippen molar-refractivity contribution in [3.63, 3.8) is 0 Å². The average Bonchev–Trinajstić information content (AvgIpc) is 3.00. The first-order chi connectivity index (χ1) is 19.4. The maximum absolute atomic E-state index is 14.4. The van der Waals surface area contributed by atoms with Gasteiger partial charge in [-0.3, -0.25) is 0 Å². The molecule has 1 N–H and O–H groups in total.